The molecule has 2 aromatic heterocycles. The number of pyridine rings is 1. The van der Waals surface area contributed by atoms with E-state index in [-0.39, 0.29) is 0 Å². The van der Waals surface area contributed by atoms with Crippen molar-refractivity contribution in [2.24, 2.45) is 0 Å². The number of fused-ring (bicyclic) bond motifs is 1. The monoisotopic (exact) mass is 664 g/mol. The molecule has 2 heterocycles. The Bertz CT molecular complexity index is 2610. The van der Waals surface area contributed by atoms with Gasteiger partial charge in [-0.1, -0.05) is 141 Å². The van der Waals surface area contributed by atoms with Gasteiger partial charge in [0, 0.05) is 22.3 Å². The molecule has 244 valence electrons. The molecule has 8 aromatic rings. The molecule has 0 atom stereocenters. The van der Waals surface area contributed by atoms with E-state index >= 15 is 0 Å². The highest BCUT2D eigenvalue weighted by atomic mass is 14.8. The van der Waals surface area contributed by atoms with E-state index in [4.69, 9.17) is 15.0 Å². The van der Waals surface area contributed by atoms with Crippen molar-refractivity contribution >= 4 is 22.9 Å². The Kier molecular flexibility index (Phi) is 8.59. The molecule has 8 rings (SSSR count). The maximum Gasteiger partial charge on any atom is 0.0991 e. The van der Waals surface area contributed by atoms with E-state index in [1.165, 1.54) is 0 Å². The highest BCUT2D eigenvalue weighted by Gasteiger charge is 2.19. The molecule has 0 spiro atoms. The maximum absolute atomic E-state index is 9.66. The third kappa shape index (κ3) is 6.08. The molecular weight excluding hydrogens is 633 g/mol. The smallest absolute Gasteiger partial charge is 0.0991 e. The second-order valence-electron chi connectivity index (χ2n) is 12.4. The summed E-state index contributed by atoms with van der Waals surface area (Å²) in [7, 11) is 0. The number of rotatable bonds is 8. The summed E-state index contributed by atoms with van der Waals surface area (Å²) in [4.78, 5) is 15.2. The predicted octanol–water partition coefficient (Wildman–Crippen LogP) is 12.2. The molecule has 0 radical (unpaired) electrons. The summed E-state index contributed by atoms with van der Waals surface area (Å²) >= 11 is 0. The summed E-state index contributed by atoms with van der Waals surface area (Å²) in [5.74, 6) is 0. The Hall–Kier alpha value is -7.22. The Labute approximate surface area is 303 Å². The van der Waals surface area contributed by atoms with Gasteiger partial charge in [-0.05, 0) is 75.5 Å². The lowest BCUT2D eigenvalue weighted by Gasteiger charge is -2.16. The van der Waals surface area contributed by atoms with E-state index in [9.17, 15) is 5.26 Å². The summed E-state index contributed by atoms with van der Waals surface area (Å²) in [5.41, 5.74) is 13.4. The zero-order valence-electron chi connectivity index (χ0n) is 28.4. The van der Waals surface area contributed by atoms with Crippen LogP contribution in [0.25, 0.3) is 90.2 Å². The van der Waals surface area contributed by atoms with Gasteiger partial charge in [0.2, 0.25) is 0 Å². The minimum atomic E-state index is 0.555. The van der Waals surface area contributed by atoms with Crippen LogP contribution in [0.1, 0.15) is 17.0 Å². The molecule has 0 amide bonds. The van der Waals surface area contributed by atoms with E-state index in [0.717, 1.165) is 66.7 Å². The second kappa shape index (κ2) is 14.0. The van der Waals surface area contributed by atoms with Gasteiger partial charge in [-0.3, -0.25) is 0 Å². The fourth-order valence-electron chi connectivity index (χ4n) is 6.72. The molecule has 0 saturated heterocycles. The molecule has 4 nitrogen and oxygen atoms in total. The van der Waals surface area contributed by atoms with Crippen LogP contribution in [0.2, 0.25) is 0 Å². The van der Waals surface area contributed by atoms with Gasteiger partial charge in [-0.25, -0.2) is 15.0 Å². The van der Waals surface area contributed by atoms with Crippen LogP contribution in [-0.4, -0.2) is 15.0 Å². The van der Waals surface area contributed by atoms with E-state index in [0.29, 0.717) is 28.3 Å². The Morgan fingerprint density at radius 2 is 0.942 bits per heavy atom. The lowest BCUT2D eigenvalue weighted by molar-refractivity contribution is 1.17. The van der Waals surface area contributed by atoms with Crippen LogP contribution >= 0.6 is 0 Å². The van der Waals surface area contributed by atoms with Crippen molar-refractivity contribution in [1.29, 1.82) is 5.26 Å². The maximum atomic E-state index is 9.66. The van der Waals surface area contributed by atoms with Crippen molar-refractivity contribution in [1.82, 2.24) is 15.0 Å². The van der Waals surface area contributed by atoms with Gasteiger partial charge in [0.15, 0.2) is 0 Å². The van der Waals surface area contributed by atoms with Gasteiger partial charge in [-0.15, -0.1) is 0 Å². The van der Waals surface area contributed by atoms with Crippen LogP contribution < -0.4 is 0 Å². The number of nitrogens with zero attached hydrogens (tertiary/aromatic N) is 4. The molecule has 4 heteroatoms. The van der Waals surface area contributed by atoms with E-state index in [1.54, 1.807) is 18.2 Å². The largest absolute Gasteiger partial charge is 0.248 e. The molecule has 0 aliphatic heterocycles. The van der Waals surface area contributed by atoms with Crippen molar-refractivity contribution in [3.8, 4) is 73.4 Å². The van der Waals surface area contributed by atoms with Crippen LogP contribution in [0.3, 0.4) is 0 Å². The molecule has 0 aliphatic rings. The SMILES string of the molecule is C=Cc1nc(-c2cccc(C#N)c2)c(-c2ccc(-c3cccc(-c4cc(-c5ccccc5)nc(-c5ccccc5)c4)c3)c3ccccc23)nc1C=C. The second-order valence-corrected chi connectivity index (χ2v) is 12.4. The first-order valence-electron chi connectivity index (χ1n) is 17.1. The number of benzene rings is 6. The van der Waals surface area contributed by atoms with Crippen LogP contribution in [0.15, 0.2) is 171 Å². The van der Waals surface area contributed by atoms with Crippen LogP contribution in [0, 0.1) is 11.3 Å². The van der Waals surface area contributed by atoms with E-state index < -0.39 is 0 Å². The first-order valence-corrected chi connectivity index (χ1v) is 17.1. The Morgan fingerprint density at radius 1 is 0.423 bits per heavy atom. The van der Waals surface area contributed by atoms with Crippen molar-refractivity contribution in [2.45, 2.75) is 0 Å². The van der Waals surface area contributed by atoms with Crippen LogP contribution in [-0.2, 0) is 0 Å². The number of hydrogen-bond acceptors (Lipinski definition) is 4. The molecule has 0 N–H and O–H groups in total. The highest BCUT2D eigenvalue weighted by Crippen LogP contribution is 2.40. The van der Waals surface area contributed by atoms with Crippen LogP contribution in [0.4, 0.5) is 0 Å². The minimum Gasteiger partial charge on any atom is -0.248 e. The summed E-state index contributed by atoms with van der Waals surface area (Å²) < 4.78 is 0. The standard InChI is InChI=1S/C48H32N4/c1-3-43-44(4-2)52-48(47(51-43)37-22-13-15-32(27-37)31-49)42-26-25-39(40-23-11-12-24-41(40)42)36-21-14-20-35(28-36)38-29-45(33-16-7-5-8-17-33)50-46(30-38)34-18-9-6-10-19-34/h3-30H,1-2H2. The normalized spacial score (nSPS) is 10.8. The first kappa shape index (κ1) is 32.0. The van der Waals surface area contributed by atoms with Gasteiger partial charge in [0.25, 0.3) is 0 Å². The summed E-state index contributed by atoms with van der Waals surface area (Å²) in [5, 5.41) is 11.8. The minimum absolute atomic E-state index is 0.555. The molecule has 0 bridgehead atoms. The average Bonchev–Trinajstić information content (AvgIpc) is 3.23. The third-order valence-electron chi connectivity index (χ3n) is 9.25. The van der Waals surface area contributed by atoms with Crippen molar-refractivity contribution in [2.75, 3.05) is 0 Å². The van der Waals surface area contributed by atoms with Crippen molar-refractivity contribution in [3.05, 3.63) is 188 Å². The predicted molar refractivity (Wildman–Crippen MR) is 215 cm³/mol. The lowest BCUT2D eigenvalue weighted by atomic mass is 9.91. The van der Waals surface area contributed by atoms with Gasteiger partial charge < -0.3 is 0 Å². The molecular formula is C48H32N4. The van der Waals surface area contributed by atoms with Crippen LogP contribution in [0.5, 0.6) is 0 Å². The zero-order chi connectivity index (χ0) is 35.4. The number of nitriles is 1. The third-order valence-corrected chi connectivity index (χ3v) is 9.25. The van der Waals surface area contributed by atoms with Gasteiger partial charge in [0.05, 0.1) is 45.8 Å². The fourth-order valence-corrected chi connectivity index (χ4v) is 6.72. The zero-order valence-corrected chi connectivity index (χ0v) is 28.4. The van der Waals surface area contributed by atoms with Gasteiger partial charge in [0.1, 0.15) is 0 Å². The van der Waals surface area contributed by atoms with Gasteiger partial charge >= 0.3 is 0 Å². The number of aromatic nitrogens is 3. The molecule has 0 aliphatic carbocycles. The topological polar surface area (TPSA) is 62.5 Å². The summed E-state index contributed by atoms with van der Waals surface area (Å²) in [6.45, 7) is 7.97. The molecule has 0 unspecified atom stereocenters. The fraction of sp³-hybridized carbons (Fsp3) is 0. The first-order chi connectivity index (χ1) is 25.6. The number of hydrogen-bond donors (Lipinski definition) is 0. The van der Waals surface area contributed by atoms with E-state index in [2.05, 4.69) is 116 Å². The van der Waals surface area contributed by atoms with Crippen molar-refractivity contribution in [3.63, 3.8) is 0 Å². The summed E-state index contributed by atoms with van der Waals surface area (Å²) in [6.07, 6.45) is 3.39. The Morgan fingerprint density at radius 3 is 1.58 bits per heavy atom. The molecule has 0 saturated carbocycles. The average molecular weight is 665 g/mol. The molecule has 6 aromatic carbocycles. The Balaban J connectivity index is 1.29. The summed E-state index contributed by atoms with van der Waals surface area (Å²) in [6, 6.07) is 56.1. The highest BCUT2D eigenvalue weighted by molar-refractivity contribution is 6.06. The quantitative estimate of drug-likeness (QED) is 0.162. The van der Waals surface area contributed by atoms with Gasteiger partial charge in [-0.2, -0.15) is 5.26 Å². The molecule has 0 fully saturated rings. The molecule has 52 heavy (non-hydrogen) atoms. The van der Waals surface area contributed by atoms with Crippen molar-refractivity contribution < 1.29 is 0 Å². The lowest BCUT2D eigenvalue weighted by Crippen LogP contribution is -2.01. The van der Waals surface area contributed by atoms with E-state index in [1.807, 2.05) is 54.6 Å².